The highest BCUT2D eigenvalue weighted by molar-refractivity contribution is 6.32. The van der Waals surface area contributed by atoms with Gasteiger partial charge in [-0.15, -0.1) is 0 Å². The molecule has 0 aliphatic rings. The van der Waals surface area contributed by atoms with E-state index in [9.17, 15) is 4.79 Å². The van der Waals surface area contributed by atoms with E-state index in [-0.39, 0.29) is 5.91 Å². The number of para-hydroxylation sites is 1. The number of hydrazone groups is 1. The molecule has 1 heterocycles. The van der Waals surface area contributed by atoms with Gasteiger partial charge in [0.1, 0.15) is 10.9 Å². The van der Waals surface area contributed by atoms with Gasteiger partial charge in [-0.3, -0.25) is 4.79 Å². The Kier molecular flexibility index (Phi) is 10.8. The summed E-state index contributed by atoms with van der Waals surface area (Å²) in [6, 6.07) is 16.7. The van der Waals surface area contributed by atoms with Crippen molar-refractivity contribution in [3.8, 4) is 11.4 Å². The van der Waals surface area contributed by atoms with Crippen molar-refractivity contribution in [2.45, 2.75) is 65.2 Å². The molecule has 3 rings (SSSR count). The van der Waals surface area contributed by atoms with E-state index in [0.717, 1.165) is 23.6 Å². The number of amides is 1. The van der Waals surface area contributed by atoms with E-state index >= 15 is 0 Å². The number of nitrogens with zero attached hydrogens (tertiary/aromatic N) is 3. The minimum Gasteiger partial charge on any atom is -0.494 e. The molecule has 0 aliphatic heterocycles. The first-order valence-electron chi connectivity index (χ1n) is 12.5. The van der Waals surface area contributed by atoms with E-state index in [1.54, 1.807) is 16.8 Å². The highest BCUT2D eigenvalue weighted by Gasteiger charge is 2.13. The Balaban J connectivity index is 1.43. The molecule has 0 saturated heterocycles. The van der Waals surface area contributed by atoms with Crippen LogP contribution in [-0.2, 0) is 0 Å². The highest BCUT2D eigenvalue weighted by Crippen LogP contribution is 2.22. The van der Waals surface area contributed by atoms with Gasteiger partial charge in [0.15, 0.2) is 0 Å². The van der Waals surface area contributed by atoms with E-state index in [4.69, 9.17) is 16.3 Å². The fraction of sp³-hybridized carbons (Fsp3) is 0.393. The Morgan fingerprint density at radius 1 is 1.00 bits per heavy atom. The molecular weight excluding hydrogens is 460 g/mol. The molecule has 0 bridgehead atoms. The lowest BCUT2D eigenvalue weighted by atomic mass is 10.1. The van der Waals surface area contributed by atoms with Crippen LogP contribution >= 0.6 is 11.6 Å². The molecule has 1 amide bonds. The van der Waals surface area contributed by atoms with Crippen LogP contribution in [0.15, 0.2) is 59.7 Å². The zero-order chi connectivity index (χ0) is 24.9. The predicted molar refractivity (Wildman–Crippen MR) is 143 cm³/mol. The maximum atomic E-state index is 12.4. The maximum absolute atomic E-state index is 12.4. The molecule has 0 radical (unpaired) electrons. The standard InChI is InChI=1S/C28H35ClN4O2/c1-3-4-5-6-7-8-9-13-20-35-25-18-16-23(17-19-25)28(34)31-30-21-26-22(2)32-33(27(26)29)24-14-11-10-12-15-24/h10-12,14-19,21H,3-9,13,20H2,1-2H3,(H,31,34)/b30-21-. The van der Waals surface area contributed by atoms with Gasteiger partial charge < -0.3 is 4.74 Å². The van der Waals surface area contributed by atoms with Crippen molar-refractivity contribution < 1.29 is 9.53 Å². The molecule has 35 heavy (non-hydrogen) atoms. The van der Waals surface area contributed by atoms with E-state index in [1.807, 2.05) is 49.4 Å². The summed E-state index contributed by atoms with van der Waals surface area (Å²) in [6.07, 6.45) is 11.7. The van der Waals surface area contributed by atoms with Crippen LogP contribution in [0.4, 0.5) is 0 Å². The number of aryl methyl sites for hydroxylation is 1. The van der Waals surface area contributed by atoms with Crippen LogP contribution in [-0.4, -0.2) is 28.5 Å². The molecule has 1 N–H and O–H groups in total. The molecule has 0 fully saturated rings. The number of nitrogens with one attached hydrogen (secondary N) is 1. The number of unbranched alkanes of at least 4 members (excludes halogenated alkanes) is 7. The number of benzene rings is 2. The lowest BCUT2D eigenvalue weighted by Gasteiger charge is -2.07. The Morgan fingerprint density at radius 3 is 2.34 bits per heavy atom. The lowest BCUT2D eigenvalue weighted by Crippen LogP contribution is -2.17. The van der Waals surface area contributed by atoms with E-state index in [1.165, 1.54) is 51.2 Å². The molecule has 6 nitrogen and oxygen atoms in total. The van der Waals surface area contributed by atoms with Crippen LogP contribution in [0.3, 0.4) is 0 Å². The fourth-order valence-corrected chi connectivity index (χ4v) is 4.07. The zero-order valence-electron chi connectivity index (χ0n) is 20.7. The van der Waals surface area contributed by atoms with Crippen LogP contribution in [0.25, 0.3) is 5.69 Å². The van der Waals surface area contributed by atoms with Gasteiger partial charge in [0, 0.05) is 5.56 Å². The third-order valence-electron chi connectivity index (χ3n) is 5.79. The van der Waals surface area contributed by atoms with E-state index in [0.29, 0.717) is 22.9 Å². The molecular formula is C28H35ClN4O2. The van der Waals surface area contributed by atoms with Crippen molar-refractivity contribution in [3.63, 3.8) is 0 Å². The zero-order valence-corrected chi connectivity index (χ0v) is 21.4. The molecule has 0 aliphatic carbocycles. The van der Waals surface area contributed by atoms with E-state index in [2.05, 4.69) is 22.5 Å². The molecule has 1 aromatic heterocycles. The number of aromatic nitrogens is 2. The summed E-state index contributed by atoms with van der Waals surface area (Å²) < 4.78 is 7.45. The minimum absolute atomic E-state index is 0.305. The second kappa shape index (κ2) is 14.3. The molecule has 0 spiro atoms. The normalized spacial score (nSPS) is 11.2. The molecule has 3 aromatic rings. The molecule has 186 valence electrons. The van der Waals surface area contributed by atoms with Crippen molar-refractivity contribution in [1.82, 2.24) is 15.2 Å². The second-order valence-corrected chi connectivity index (χ2v) is 8.94. The Labute approximate surface area is 213 Å². The van der Waals surface area contributed by atoms with Gasteiger partial charge in [-0.2, -0.15) is 10.2 Å². The summed E-state index contributed by atoms with van der Waals surface area (Å²) in [4.78, 5) is 12.4. The minimum atomic E-state index is -0.305. The van der Waals surface area contributed by atoms with Crippen molar-refractivity contribution in [3.05, 3.63) is 76.6 Å². The van der Waals surface area contributed by atoms with Gasteiger partial charge in [-0.1, -0.05) is 81.7 Å². The van der Waals surface area contributed by atoms with Gasteiger partial charge in [0.05, 0.1) is 29.8 Å². The number of rotatable bonds is 14. The number of hydrogen-bond donors (Lipinski definition) is 1. The average molecular weight is 495 g/mol. The third kappa shape index (κ3) is 8.25. The highest BCUT2D eigenvalue weighted by atomic mass is 35.5. The second-order valence-electron chi connectivity index (χ2n) is 8.58. The van der Waals surface area contributed by atoms with Crippen molar-refractivity contribution in [2.24, 2.45) is 5.10 Å². The first-order valence-corrected chi connectivity index (χ1v) is 12.8. The molecule has 7 heteroatoms. The molecule has 0 unspecified atom stereocenters. The predicted octanol–water partition coefficient (Wildman–Crippen LogP) is 7.12. The maximum Gasteiger partial charge on any atom is 0.271 e. The summed E-state index contributed by atoms with van der Waals surface area (Å²) in [5, 5.41) is 8.98. The molecule has 0 atom stereocenters. The van der Waals surface area contributed by atoms with E-state index < -0.39 is 0 Å². The smallest absolute Gasteiger partial charge is 0.271 e. The number of carbonyl (C=O) groups excluding carboxylic acids is 1. The topological polar surface area (TPSA) is 68.5 Å². The summed E-state index contributed by atoms with van der Waals surface area (Å²) in [5.74, 6) is 0.462. The first kappa shape index (κ1) is 26.5. The number of ether oxygens (including phenoxy) is 1. The summed E-state index contributed by atoms with van der Waals surface area (Å²) in [5.41, 5.74) is 5.28. The number of carbonyl (C=O) groups is 1. The quantitative estimate of drug-likeness (QED) is 0.147. The Hall–Kier alpha value is -3.12. The summed E-state index contributed by atoms with van der Waals surface area (Å²) in [6.45, 7) is 4.79. The third-order valence-corrected chi connectivity index (χ3v) is 6.16. The SMILES string of the molecule is CCCCCCCCCCOc1ccc(C(=O)N/N=C\c2c(C)nn(-c3ccccc3)c2Cl)cc1. The monoisotopic (exact) mass is 494 g/mol. The van der Waals surface area contributed by atoms with Gasteiger partial charge >= 0.3 is 0 Å². The lowest BCUT2D eigenvalue weighted by molar-refractivity contribution is 0.0955. The first-order chi connectivity index (χ1) is 17.1. The van der Waals surface area contributed by atoms with Crippen LogP contribution < -0.4 is 10.2 Å². The van der Waals surface area contributed by atoms with Gasteiger partial charge in [-0.05, 0) is 49.7 Å². The fourth-order valence-electron chi connectivity index (χ4n) is 3.75. The molecule has 0 saturated carbocycles. The largest absolute Gasteiger partial charge is 0.494 e. The van der Waals surface area contributed by atoms with Gasteiger partial charge in [0.25, 0.3) is 5.91 Å². The number of hydrogen-bond acceptors (Lipinski definition) is 4. The van der Waals surface area contributed by atoms with Crippen LogP contribution in [0.5, 0.6) is 5.75 Å². The molecule has 2 aromatic carbocycles. The van der Waals surface area contributed by atoms with Crippen LogP contribution in [0.2, 0.25) is 5.15 Å². The van der Waals surface area contributed by atoms with Crippen molar-refractivity contribution in [1.29, 1.82) is 0 Å². The Bertz CT molecular complexity index is 1080. The van der Waals surface area contributed by atoms with Crippen molar-refractivity contribution >= 4 is 23.7 Å². The van der Waals surface area contributed by atoms with Crippen LogP contribution in [0, 0.1) is 6.92 Å². The summed E-state index contributed by atoms with van der Waals surface area (Å²) >= 11 is 6.49. The average Bonchev–Trinajstić information content (AvgIpc) is 3.17. The van der Waals surface area contributed by atoms with Gasteiger partial charge in [0.2, 0.25) is 0 Å². The van der Waals surface area contributed by atoms with Crippen molar-refractivity contribution in [2.75, 3.05) is 6.61 Å². The Morgan fingerprint density at radius 2 is 1.66 bits per heavy atom. The van der Waals surface area contributed by atoms with Crippen LogP contribution in [0.1, 0.15) is 79.9 Å². The van der Waals surface area contributed by atoms with Gasteiger partial charge in [-0.25, -0.2) is 10.1 Å². The number of halogens is 1. The summed E-state index contributed by atoms with van der Waals surface area (Å²) in [7, 11) is 0.